The highest BCUT2D eigenvalue weighted by Crippen LogP contribution is 2.25. The van der Waals surface area contributed by atoms with E-state index in [-0.39, 0.29) is 23.8 Å². The average molecular weight is 493 g/mol. The first-order chi connectivity index (χ1) is 16.8. The number of imidazole rings is 1. The quantitative estimate of drug-likeness (QED) is 0.450. The van der Waals surface area contributed by atoms with Crippen molar-refractivity contribution in [3.05, 3.63) is 59.4 Å². The van der Waals surface area contributed by atoms with Gasteiger partial charge < -0.3 is 9.47 Å². The minimum Gasteiger partial charge on any atom is -0.331 e. The van der Waals surface area contributed by atoms with Crippen LogP contribution in [0.2, 0.25) is 0 Å². The van der Waals surface area contributed by atoms with Crippen molar-refractivity contribution in [1.82, 2.24) is 18.8 Å². The molecule has 184 valence electrons. The molecule has 2 heterocycles. The molecule has 0 spiro atoms. The zero-order valence-electron chi connectivity index (χ0n) is 20.4. The van der Waals surface area contributed by atoms with Gasteiger partial charge in [-0.15, -0.1) is 6.42 Å². The fourth-order valence-corrected chi connectivity index (χ4v) is 6.04. The Morgan fingerprint density at radius 3 is 2.51 bits per heavy atom. The van der Waals surface area contributed by atoms with Crippen LogP contribution in [-0.4, -0.2) is 52.7 Å². The number of rotatable bonds is 8. The van der Waals surface area contributed by atoms with E-state index in [4.69, 9.17) is 6.42 Å². The van der Waals surface area contributed by atoms with Crippen molar-refractivity contribution in [3.63, 3.8) is 0 Å². The van der Waals surface area contributed by atoms with E-state index in [1.165, 1.54) is 0 Å². The fourth-order valence-electron chi connectivity index (χ4n) is 4.50. The first-order valence-electron chi connectivity index (χ1n) is 12.0. The molecule has 0 atom stereocenters. The van der Waals surface area contributed by atoms with Crippen molar-refractivity contribution >= 4 is 27.0 Å². The van der Waals surface area contributed by atoms with Gasteiger partial charge in [0.1, 0.15) is 5.82 Å². The second-order valence-electron chi connectivity index (χ2n) is 9.14. The van der Waals surface area contributed by atoms with Crippen LogP contribution in [0.25, 0.3) is 11.0 Å². The van der Waals surface area contributed by atoms with E-state index < -0.39 is 10.0 Å². The molecule has 1 saturated heterocycles. The summed E-state index contributed by atoms with van der Waals surface area (Å²) in [5.41, 5.74) is 3.65. The molecule has 7 nitrogen and oxygen atoms in total. The standard InChI is InChI=1S/C27H32N4O3S/c1-4-16-30(20-22-10-8-21(2)9-11-22)27(32)15-14-26-28-24-19-23(12-13-25(24)29(26)3)35(33,34)31-17-6-5-7-18-31/h1,8-13,19H,5-7,14-18,20H2,2-3H3. The number of carbonyl (C=O) groups excluding carboxylic acids is 1. The summed E-state index contributed by atoms with van der Waals surface area (Å²) in [7, 11) is -1.64. The van der Waals surface area contributed by atoms with Crippen molar-refractivity contribution in [2.45, 2.75) is 50.5 Å². The Balaban J connectivity index is 1.48. The van der Waals surface area contributed by atoms with E-state index in [1.807, 2.05) is 42.8 Å². The molecule has 2 aromatic carbocycles. The second-order valence-corrected chi connectivity index (χ2v) is 11.1. The van der Waals surface area contributed by atoms with Gasteiger partial charge >= 0.3 is 0 Å². The van der Waals surface area contributed by atoms with E-state index in [0.29, 0.717) is 31.6 Å². The normalized spacial score (nSPS) is 14.7. The Hall–Kier alpha value is -3.15. The van der Waals surface area contributed by atoms with Gasteiger partial charge in [-0.3, -0.25) is 4.79 Å². The third-order valence-corrected chi connectivity index (χ3v) is 8.48. The number of terminal acetylenes is 1. The van der Waals surface area contributed by atoms with Gasteiger partial charge in [-0.05, 0) is 43.5 Å². The predicted octanol–water partition coefficient (Wildman–Crippen LogP) is 3.65. The van der Waals surface area contributed by atoms with E-state index in [2.05, 4.69) is 10.9 Å². The molecule has 1 fully saturated rings. The molecule has 3 aromatic rings. The highest BCUT2D eigenvalue weighted by molar-refractivity contribution is 7.89. The van der Waals surface area contributed by atoms with Crippen LogP contribution in [0.1, 0.15) is 42.6 Å². The fraction of sp³-hybridized carbons (Fsp3) is 0.407. The zero-order chi connectivity index (χ0) is 25.0. The van der Waals surface area contributed by atoms with Crippen LogP contribution in [0.3, 0.4) is 0 Å². The largest absolute Gasteiger partial charge is 0.331 e. The number of benzene rings is 2. The minimum atomic E-state index is -3.53. The van der Waals surface area contributed by atoms with Crippen LogP contribution in [0, 0.1) is 19.3 Å². The summed E-state index contributed by atoms with van der Waals surface area (Å²) in [6, 6.07) is 13.2. The molecule has 1 aromatic heterocycles. The van der Waals surface area contributed by atoms with E-state index >= 15 is 0 Å². The summed E-state index contributed by atoms with van der Waals surface area (Å²) < 4.78 is 29.6. The number of nitrogens with zero attached hydrogens (tertiary/aromatic N) is 4. The number of hydrogen-bond acceptors (Lipinski definition) is 4. The maximum atomic E-state index is 13.1. The molecule has 4 rings (SSSR count). The maximum Gasteiger partial charge on any atom is 0.243 e. The highest BCUT2D eigenvalue weighted by Gasteiger charge is 2.26. The number of piperidine rings is 1. The zero-order valence-corrected chi connectivity index (χ0v) is 21.2. The summed E-state index contributed by atoms with van der Waals surface area (Å²) in [5, 5.41) is 0. The summed E-state index contributed by atoms with van der Waals surface area (Å²) in [6.45, 7) is 3.85. The maximum absolute atomic E-state index is 13.1. The smallest absolute Gasteiger partial charge is 0.243 e. The molecule has 0 bridgehead atoms. The van der Waals surface area contributed by atoms with Gasteiger partial charge in [-0.1, -0.05) is 42.2 Å². The predicted molar refractivity (Wildman–Crippen MR) is 137 cm³/mol. The highest BCUT2D eigenvalue weighted by atomic mass is 32.2. The van der Waals surface area contributed by atoms with Gasteiger partial charge in [0, 0.05) is 39.5 Å². The van der Waals surface area contributed by atoms with Crippen LogP contribution < -0.4 is 0 Å². The molecule has 1 amide bonds. The molecule has 1 aliphatic heterocycles. The number of aromatic nitrogens is 2. The lowest BCUT2D eigenvalue weighted by atomic mass is 10.1. The Labute approximate surface area is 207 Å². The first kappa shape index (κ1) is 25.0. The van der Waals surface area contributed by atoms with Crippen LogP contribution in [0.4, 0.5) is 0 Å². The van der Waals surface area contributed by atoms with Gasteiger partial charge in [0.05, 0.1) is 22.5 Å². The lowest BCUT2D eigenvalue weighted by Gasteiger charge is -2.25. The van der Waals surface area contributed by atoms with Gasteiger partial charge in [-0.2, -0.15) is 4.31 Å². The molecule has 0 aliphatic carbocycles. The van der Waals surface area contributed by atoms with Crippen molar-refractivity contribution in [2.75, 3.05) is 19.6 Å². The Morgan fingerprint density at radius 2 is 1.83 bits per heavy atom. The van der Waals surface area contributed by atoms with Crippen molar-refractivity contribution in [3.8, 4) is 12.3 Å². The number of aryl methyl sites for hydroxylation is 3. The van der Waals surface area contributed by atoms with E-state index in [9.17, 15) is 13.2 Å². The van der Waals surface area contributed by atoms with Crippen LogP contribution >= 0.6 is 0 Å². The van der Waals surface area contributed by atoms with Gasteiger partial charge in [-0.25, -0.2) is 13.4 Å². The number of fused-ring (bicyclic) bond motifs is 1. The number of hydrogen-bond donors (Lipinski definition) is 0. The Bertz CT molecular complexity index is 1350. The molecule has 1 aliphatic rings. The Morgan fingerprint density at radius 1 is 1.11 bits per heavy atom. The molecular weight excluding hydrogens is 460 g/mol. The molecule has 0 radical (unpaired) electrons. The molecule has 0 saturated carbocycles. The molecule has 35 heavy (non-hydrogen) atoms. The number of carbonyl (C=O) groups is 1. The number of sulfonamides is 1. The van der Waals surface area contributed by atoms with Crippen molar-refractivity contribution in [2.24, 2.45) is 7.05 Å². The lowest BCUT2D eigenvalue weighted by Crippen LogP contribution is -2.35. The number of amides is 1. The summed E-state index contributed by atoms with van der Waals surface area (Å²) in [6.07, 6.45) is 9.07. The topological polar surface area (TPSA) is 75.5 Å². The molecule has 8 heteroatoms. The van der Waals surface area contributed by atoms with Gasteiger partial charge in [0.25, 0.3) is 0 Å². The molecule has 0 unspecified atom stereocenters. The van der Waals surface area contributed by atoms with Crippen LogP contribution in [-0.2, 0) is 34.8 Å². The monoisotopic (exact) mass is 492 g/mol. The summed E-state index contributed by atoms with van der Waals surface area (Å²) >= 11 is 0. The third-order valence-electron chi connectivity index (χ3n) is 6.59. The third kappa shape index (κ3) is 5.58. The SMILES string of the molecule is C#CCN(Cc1ccc(C)cc1)C(=O)CCc1nc2cc(S(=O)(=O)N3CCCCC3)ccc2n1C. The first-order valence-corrected chi connectivity index (χ1v) is 13.5. The van der Waals surface area contributed by atoms with Crippen LogP contribution in [0.5, 0.6) is 0 Å². The van der Waals surface area contributed by atoms with Crippen molar-refractivity contribution in [1.29, 1.82) is 0 Å². The van der Waals surface area contributed by atoms with E-state index in [0.717, 1.165) is 41.7 Å². The Kier molecular flexibility index (Phi) is 7.58. The average Bonchev–Trinajstić information content (AvgIpc) is 3.18. The van der Waals surface area contributed by atoms with Crippen LogP contribution in [0.15, 0.2) is 47.4 Å². The summed E-state index contributed by atoms with van der Waals surface area (Å²) in [4.78, 5) is 19.6. The van der Waals surface area contributed by atoms with Gasteiger partial charge in [0.2, 0.25) is 15.9 Å². The second kappa shape index (κ2) is 10.6. The minimum absolute atomic E-state index is 0.0380. The van der Waals surface area contributed by atoms with E-state index in [1.54, 1.807) is 27.4 Å². The molecular formula is C27H32N4O3S. The van der Waals surface area contributed by atoms with Crippen molar-refractivity contribution < 1.29 is 13.2 Å². The summed E-state index contributed by atoms with van der Waals surface area (Å²) in [5.74, 6) is 3.28. The molecule has 0 N–H and O–H groups in total. The van der Waals surface area contributed by atoms with Gasteiger partial charge in [0.15, 0.2) is 0 Å². The lowest BCUT2D eigenvalue weighted by molar-refractivity contribution is -0.131.